The number of nitrogens with zero attached hydrogens (tertiary/aromatic N) is 2. The number of carbonyl (C=O) groups is 1. The molecule has 3 rings (SSSR count). The van der Waals surface area contributed by atoms with Crippen molar-refractivity contribution in [3.05, 3.63) is 53.7 Å². The molecule has 0 saturated carbocycles. The molecule has 1 saturated heterocycles. The molecule has 1 aliphatic rings. The number of anilines is 2. The fraction of sp³-hybridized carbons (Fsp3) is 0.368. The van der Waals surface area contributed by atoms with E-state index in [-0.39, 0.29) is 23.5 Å². The van der Waals surface area contributed by atoms with Crippen LogP contribution in [0.25, 0.3) is 0 Å². The summed E-state index contributed by atoms with van der Waals surface area (Å²) in [5.41, 5.74) is 2.23. The van der Waals surface area contributed by atoms with Gasteiger partial charge in [0, 0.05) is 24.5 Å². The van der Waals surface area contributed by atoms with Crippen molar-refractivity contribution in [3.8, 4) is 0 Å². The molecule has 1 aromatic heterocycles. The quantitative estimate of drug-likeness (QED) is 0.872. The van der Waals surface area contributed by atoms with Crippen LogP contribution in [0.3, 0.4) is 0 Å². The van der Waals surface area contributed by atoms with Gasteiger partial charge in [0.15, 0.2) is 9.84 Å². The maximum atomic E-state index is 12.4. The highest BCUT2D eigenvalue weighted by Crippen LogP contribution is 2.23. The van der Waals surface area contributed by atoms with E-state index < -0.39 is 9.84 Å². The van der Waals surface area contributed by atoms with Crippen molar-refractivity contribution < 1.29 is 13.2 Å². The Labute approximate surface area is 154 Å². The van der Waals surface area contributed by atoms with Crippen molar-refractivity contribution >= 4 is 27.2 Å². The second-order valence-corrected chi connectivity index (χ2v) is 8.75. The maximum absolute atomic E-state index is 12.4. The maximum Gasteiger partial charge on any atom is 0.257 e. The molecule has 2 heterocycles. The lowest BCUT2D eigenvalue weighted by Crippen LogP contribution is -2.36. The third kappa shape index (κ3) is 4.04. The van der Waals surface area contributed by atoms with E-state index in [1.165, 1.54) is 6.20 Å². The van der Waals surface area contributed by atoms with Crippen LogP contribution < -0.4 is 10.2 Å². The number of carbonyl (C=O) groups excluding carboxylic acids is 1. The number of hydrogen-bond acceptors (Lipinski definition) is 5. The predicted molar refractivity (Wildman–Crippen MR) is 103 cm³/mol. The fourth-order valence-electron chi connectivity index (χ4n) is 3.23. The van der Waals surface area contributed by atoms with E-state index in [0.29, 0.717) is 24.3 Å². The molecule has 1 N–H and O–H groups in total. The van der Waals surface area contributed by atoms with Gasteiger partial charge in [-0.2, -0.15) is 0 Å². The number of nitrogens with one attached hydrogen (secondary N) is 1. The molecule has 0 bridgehead atoms. The summed E-state index contributed by atoms with van der Waals surface area (Å²) in [6.45, 7) is 4.58. The summed E-state index contributed by atoms with van der Waals surface area (Å²) in [6.07, 6.45) is 2.16. The molecule has 1 unspecified atom stereocenters. The minimum Gasteiger partial charge on any atom is -0.353 e. The van der Waals surface area contributed by atoms with Crippen LogP contribution in [0.2, 0.25) is 0 Å². The molecule has 138 valence electrons. The lowest BCUT2D eigenvalue weighted by molar-refractivity contribution is 0.102. The van der Waals surface area contributed by atoms with E-state index in [0.717, 1.165) is 11.3 Å². The number of pyridine rings is 1. The molecule has 1 aliphatic heterocycles. The molecule has 6 nitrogen and oxygen atoms in total. The molecular weight excluding hydrogens is 350 g/mol. The summed E-state index contributed by atoms with van der Waals surface area (Å²) in [4.78, 5) is 18.8. The van der Waals surface area contributed by atoms with Crippen LogP contribution in [0.4, 0.5) is 11.5 Å². The summed E-state index contributed by atoms with van der Waals surface area (Å²) in [5, 5.41) is 2.88. The Hall–Kier alpha value is -2.41. The van der Waals surface area contributed by atoms with Gasteiger partial charge < -0.3 is 10.2 Å². The van der Waals surface area contributed by atoms with Gasteiger partial charge in [-0.25, -0.2) is 13.4 Å². The van der Waals surface area contributed by atoms with E-state index in [1.54, 1.807) is 12.1 Å². The van der Waals surface area contributed by atoms with Gasteiger partial charge >= 0.3 is 0 Å². The Kier molecular flexibility index (Phi) is 5.27. The first-order valence-corrected chi connectivity index (χ1v) is 10.5. The van der Waals surface area contributed by atoms with Gasteiger partial charge in [-0.15, -0.1) is 0 Å². The summed E-state index contributed by atoms with van der Waals surface area (Å²) < 4.78 is 23.5. The van der Waals surface area contributed by atoms with Crippen molar-refractivity contribution in [1.82, 2.24) is 4.98 Å². The Morgan fingerprint density at radius 2 is 2.04 bits per heavy atom. The summed E-state index contributed by atoms with van der Waals surface area (Å²) in [6, 6.07) is 11.0. The zero-order chi connectivity index (χ0) is 18.7. The topological polar surface area (TPSA) is 79.4 Å². The number of hydrogen-bond donors (Lipinski definition) is 1. The van der Waals surface area contributed by atoms with Crippen LogP contribution >= 0.6 is 0 Å². The van der Waals surface area contributed by atoms with Gasteiger partial charge in [-0.05, 0) is 44.0 Å². The monoisotopic (exact) mass is 373 g/mol. The van der Waals surface area contributed by atoms with E-state index >= 15 is 0 Å². The van der Waals surface area contributed by atoms with Gasteiger partial charge in [-0.1, -0.05) is 18.2 Å². The molecule has 1 atom stereocenters. The molecule has 7 heteroatoms. The van der Waals surface area contributed by atoms with Gasteiger partial charge in [0.05, 0.1) is 17.1 Å². The fourth-order valence-corrected chi connectivity index (χ4v) is 4.96. The van der Waals surface area contributed by atoms with E-state index in [4.69, 9.17) is 0 Å². The van der Waals surface area contributed by atoms with E-state index in [9.17, 15) is 13.2 Å². The molecular formula is C19H23N3O3S. The molecule has 1 amide bonds. The van der Waals surface area contributed by atoms with Crippen LogP contribution in [0.1, 0.15) is 29.3 Å². The van der Waals surface area contributed by atoms with Gasteiger partial charge in [0.2, 0.25) is 0 Å². The number of rotatable bonds is 5. The number of amides is 1. The number of para-hydroxylation sites is 1. The molecule has 0 spiro atoms. The van der Waals surface area contributed by atoms with Gasteiger partial charge in [0.1, 0.15) is 5.82 Å². The van der Waals surface area contributed by atoms with Crippen molar-refractivity contribution in [1.29, 1.82) is 0 Å². The second-order valence-electron chi connectivity index (χ2n) is 6.52. The van der Waals surface area contributed by atoms with Crippen LogP contribution in [0.15, 0.2) is 42.6 Å². The van der Waals surface area contributed by atoms with Crippen molar-refractivity contribution in [3.63, 3.8) is 0 Å². The van der Waals surface area contributed by atoms with Crippen molar-refractivity contribution in [2.75, 3.05) is 28.3 Å². The Morgan fingerprint density at radius 3 is 2.62 bits per heavy atom. The van der Waals surface area contributed by atoms with Crippen LogP contribution in [0, 0.1) is 6.92 Å². The Bertz CT molecular complexity index is 895. The van der Waals surface area contributed by atoms with Crippen molar-refractivity contribution in [2.24, 2.45) is 0 Å². The van der Waals surface area contributed by atoms with Gasteiger partial charge in [-0.3, -0.25) is 4.79 Å². The zero-order valence-electron chi connectivity index (χ0n) is 15.0. The number of sulfone groups is 1. The average Bonchev–Trinajstić information content (AvgIpc) is 2.98. The zero-order valence-corrected chi connectivity index (χ0v) is 15.8. The standard InChI is InChI=1S/C19H23N3O3S/c1-3-22(16-10-11-26(24,25)13-16)18-9-8-15(12-20-18)19(23)21-17-7-5-4-6-14(17)2/h4-9,12,16H,3,10-11,13H2,1-2H3,(H,21,23). The minimum atomic E-state index is -2.95. The first-order chi connectivity index (χ1) is 12.4. The molecule has 26 heavy (non-hydrogen) atoms. The van der Waals surface area contributed by atoms with Gasteiger partial charge in [0.25, 0.3) is 5.91 Å². The molecule has 1 aromatic carbocycles. The lowest BCUT2D eigenvalue weighted by atomic mass is 10.2. The minimum absolute atomic E-state index is 0.0517. The molecule has 2 aromatic rings. The first-order valence-electron chi connectivity index (χ1n) is 8.69. The third-order valence-electron chi connectivity index (χ3n) is 4.69. The smallest absolute Gasteiger partial charge is 0.257 e. The van der Waals surface area contributed by atoms with Crippen LogP contribution in [-0.4, -0.2) is 43.4 Å². The molecule has 0 aliphatic carbocycles. The molecule has 1 fully saturated rings. The Balaban J connectivity index is 1.73. The van der Waals surface area contributed by atoms with E-state index in [1.807, 2.05) is 43.0 Å². The number of aromatic nitrogens is 1. The lowest BCUT2D eigenvalue weighted by Gasteiger charge is -2.28. The number of benzene rings is 1. The Morgan fingerprint density at radius 1 is 1.27 bits per heavy atom. The van der Waals surface area contributed by atoms with E-state index in [2.05, 4.69) is 10.3 Å². The SMILES string of the molecule is CCN(c1ccc(C(=O)Nc2ccccc2C)cn1)C1CCS(=O)(=O)C1. The normalized spacial score (nSPS) is 18.5. The predicted octanol–water partition coefficient (Wildman–Crippen LogP) is 2.66. The third-order valence-corrected chi connectivity index (χ3v) is 6.44. The summed E-state index contributed by atoms with van der Waals surface area (Å²) in [7, 11) is -2.95. The van der Waals surface area contributed by atoms with Crippen LogP contribution in [0.5, 0.6) is 0 Å². The largest absolute Gasteiger partial charge is 0.353 e. The highest BCUT2D eigenvalue weighted by molar-refractivity contribution is 7.91. The summed E-state index contributed by atoms with van der Waals surface area (Å²) in [5.74, 6) is 0.871. The number of aryl methyl sites for hydroxylation is 1. The second kappa shape index (κ2) is 7.45. The summed E-state index contributed by atoms with van der Waals surface area (Å²) >= 11 is 0. The highest BCUT2D eigenvalue weighted by atomic mass is 32.2. The molecule has 0 radical (unpaired) electrons. The first kappa shape index (κ1) is 18.4. The van der Waals surface area contributed by atoms with Crippen LogP contribution in [-0.2, 0) is 9.84 Å². The average molecular weight is 373 g/mol. The highest BCUT2D eigenvalue weighted by Gasteiger charge is 2.32. The van der Waals surface area contributed by atoms with Crippen molar-refractivity contribution in [2.45, 2.75) is 26.3 Å².